The predicted octanol–water partition coefficient (Wildman–Crippen LogP) is 7.22. The Kier molecular flexibility index (Phi) is 9.90. The summed E-state index contributed by atoms with van der Waals surface area (Å²) in [7, 11) is 0. The average molecular weight is 578 g/mol. The van der Waals surface area contributed by atoms with Crippen LogP contribution in [0.15, 0.2) is 54.7 Å². The number of hydrogen-bond acceptors (Lipinski definition) is 6. The van der Waals surface area contributed by atoms with Gasteiger partial charge in [0.15, 0.2) is 17.3 Å². The van der Waals surface area contributed by atoms with Crippen LogP contribution in [0.1, 0.15) is 35.7 Å². The highest BCUT2D eigenvalue weighted by molar-refractivity contribution is 6.32. The molecule has 0 saturated carbocycles. The maximum absolute atomic E-state index is 14.1. The molecule has 10 heteroatoms. The highest BCUT2D eigenvalue weighted by Crippen LogP contribution is 2.34. The van der Waals surface area contributed by atoms with Crippen LogP contribution >= 0.6 is 36.4 Å². The number of aromatic nitrogens is 2. The fourth-order valence-corrected chi connectivity index (χ4v) is 4.78. The Labute approximate surface area is 238 Å². The SMILES string of the molecule is CC(=O)c1cnc2ccc(-c3cc(F)c(O)c(Cl)c3)nc2c1Nc1cccc(CCN2CCCC2)c1.Cl.Cl. The minimum atomic E-state index is -0.834. The van der Waals surface area contributed by atoms with Crippen molar-refractivity contribution in [3.8, 4) is 17.0 Å². The largest absolute Gasteiger partial charge is 0.504 e. The summed E-state index contributed by atoms with van der Waals surface area (Å²) in [5, 5.41) is 13.0. The maximum Gasteiger partial charge on any atom is 0.170 e. The number of carbonyl (C=O) groups is 1. The maximum atomic E-state index is 14.1. The second kappa shape index (κ2) is 12.7. The van der Waals surface area contributed by atoms with Crippen LogP contribution in [0.3, 0.4) is 0 Å². The molecule has 1 saturated heterocycles. The van der Waals surface area contributed by atoms with Gasteiger partial charge in [-0.25, -0.2) is 9.37 Å². The molecule has 3 heterocycles. The number of fused-ring (bicyclic) bond motifs is 1. The molecule has 0 amide bonds. The van der Waals surface area contributed by atoms with Crippen LogP contribution in [0.5, 0.6) is 5.75 Å². The van der Waals surface area contributed by atoms with Gasteiger partial charge in [-0.15, -0.1) is 24.8 Å². The summed E-state index contributed by atoms with van der Waals surface area (Å²) in [6.45, 7) is 4.83. The summed E-state index contributed by atoms with van der Waals surface area (Å²) in [5.41, 5.74) is 4.90. The Morgan fingerprint density at radius 1 is 1.13 bits per heavy atom. The Balaban J connectivity index is 0.00000200. The van der Waals surface area contributed by atoms with E-state index in [-0.39, 0.29) is 35.6 Å². The molecule has 0 aliphatic carbocycles. The average Bonchev–Trinajstić information content (AvgIpc) is 3.39. The molecule has 5 rings (SSSR count). The molecule has 0 radical (unpaired) electrons. The molecule has 0 atom stereocenters. The Morgan fingerprint density at radius 2 is 1.89 bits per heavy atom. The number of aromatic hydroxyl groups is 1. The lowest BCUT2D eigenvalue weighted by molar-refractivity contribution is 0.101. The van der Waals surface area contributed by atoms with E-state index in [1.54, 1.807) is 18.3 Å². The molecule has 0 unspecified atom stereocenters. The van der Waals surface area contributed by atoms with E-state index in [1.165, 1.54) is 37.5 Å². The van der Waals surface area contributed by atoms with Gasteiger partial charge in [-0.05, 0) is 81.2 Å². The first-order valence-corrected chi connectivity index (χ1v) is 12.3. The van der Waals surface area contributed by atoms with Gasteiger partial charge in [0.1, 0.15) is 5.52 Å². The van der Waals surface area contributed by atoms with Crippen LogP contribution < -0.4 is 5.32 Å². The van der Waals surface area contributed by atoms with Crippen molar-refractivity contribution in [1.29, 1.82) is 0 Å². The number of halogens is 4. The number of ketones is 1. The van der Waals surface area contributed by atoms with Crippen LogP contribution in [-0.2, 0) is 6.42 Å². The first-order valence-electron chi connectivity index (χ1n) is 12.0. The number of Topliss-reactive ketones (excluding diaryl/α,β-unsaturated/α-hetero) is 1. The van der Waals surface area contributed by atoms with Gasteiger partial charge in [0.2, 0.25) is 0 Å². The van der Waals surface area contributed by atoms with E-state index in [1.807, 2.05) is 12.1 Å². The number of hydrogen-bond donors (Lipinski definition) is 2. The van der Waals surface area contributed by atoms with Gasteiger partial charge in [-0.1, -0.05) is 23.7 Å². The number of phenols is 1. The molecule has 2 aromatic heterocycles. The zero-order valence-corrected chi connectivity index (χ0v) is 23.1. The number of benzene rings is 2. The molecule has 0 bridgehead atoms. The van der Waals surface area contributed by atoms with E-state index in [0.29, 0.717) is 33.5 Å². The van der Waals surface area contributed by atoms with Crippen molar-refractivity contribution in [2.45, 2.75) is 26.2 Å². The third kappa shape index (κ3) is 6.35. The van der Waals surface area contributed by atoms with Crippen molar-refractivity contribution < 1.29 is 14.3 Å². The van der Waals surface area contributed by atoms with Crippen molar-refractivity contribution >= 4 is 64.6 Å². The second-order valence-corrected chi connectivity index (χ2v) is 9.49. The lowest BCUT2D eigenvalue weighted by Gasteiger charge is -2.16. The zero-order valence-electron chi connectivity index (χ0n) is 20.7. The minimum absolute atomic E-state index is 0. The molecule has 2 aromatic carbocycles. The summed E-state index contributed by atoms with van der Waals surface area (Å²) in [5.74, 6) is -1.59. The molecule has 4 aromatic rings. The summed E-state index contributed by atoms with van der Waals surface area (Å²) < 4.78 is 14.1. The van der Waals surface area contributed by atoms with Gasteiger partial charge in [0.25, 0.3) is 0 Å². The Morgan fingerprint density at radius 3 is 2.61 bits per heavy atom. The second-order valence-electron chi connectivity index (χ2n) is 9.08. The first-order chi connectivity index (χ1) is 17.4. The van der Waals surface area contributed by atoms with Crippen LogP contribution in [0.25, 0.3) is 22.3 Å². The van der Waals surface area contributed by atoms with Crippen molar-refractivity contribution in [2.75, 3.05) is 25.0 Å². The van der Waals surface area contributed by atoms with Crippen molar-refractivity contribution in [3.63, 3.8) is 0 Å². The van der Waals surface area contributed by atoms with Gasteiger partial charge in [-0.3, -0.25) is 9.78 Å². The van der Waals surface area contributed by atoms with Crippen molar-refractivity contribution in [3.05, 3.63) is 76.7 Å². The van der Waals surface area contributed by atoms with E-state index in [9.17, 15) is 14.3 Å². The summed E-state index contributed by atoms with van der Waals surface area (Å²) >= 11 is 5.98. The zero-order chi connectivity index (χ0) is 25.2. The standard InChI is InChI=1S/C28H26ClFN4O2.2ClH/c1-17(35)21-16-31-25-8-7-24(19-14-22(29)28(36)23(30)15-19)33-27(25)26(21)32-20-6-4-5-18(13-20)9-12-34-10-2-3-11-34;;/h4-8,13-16,36H,2-3,9-12H2,1H3,(H,31,32);2*1H. The number of likely N-dealkylation sites (tertiary alicyclic amines) is 1. The normalized spacial score (nSPS) is 13.1. The van der Waals surface area contributed by atoms with Crippen LogP contribution in [0.4, 0.5) is 15.8 Å². The van der Waals surface area contributed by atoms with Crippen molar-refractivity contribution in [1.82, 2.24) is 14.9 Å². The number of nitrogens with zero attached hydrogens (tertiary/aromatic N) is 3. The van der Waals surface area contributed by atoms with Crippen molar-refractivity contribution in [2.24, 2.45) is 0 Å². The molecule has 6 nitrogen and oxygen atoms in total. The van der Waals surface area contributed by atoms with Crippen LogP contribution in [0.2, 0.25) is 5.02 Å². The molecular formula is C28H28Cl3FN4O2. The number of carbonyl (C=O) groups excluding carboxylic acids is 1. The first kappa shape index (κ1) is 29.6. The third-order valence-electron chi connectivity index (χ3n) is 6.52. The quantitative estimate of drug-likeness (QED) is 0.226. The van der Waals surface area contributed by atoms with E-state index >= 15 is 0 Å². The lowest BCUT2D eigenvalue weighted by Crippen LogP contribution is -2.21. The van der Waals surface area contributed by atoms with E-state index in [4.69, 9.17) is 16.6 Å². The lowest BCUT2D eigenvalue weighted by atomic mass is 10.1. The summed E-state index contributed by atoms with van der Waals surface area (Å²) in [4.78, 5) is 24.1. The topological polar surface area (TPSA) is 78.3 Å². The summed E-state index contributed by atoms with van der Waals surface area (Å²) in [6.07, 6.45) is 5.02. The number of anilines is 2. The Bertz CT molecular complexity index is 1440. The predicted molar refractivity (Wildman–Crippen MR) is 155 cm³/mol. The van der Waals surface area contributed by atoms with E-state index < -0.39 is 11.6 Å². The number of pyridine rings is 2. The fraction of sp³-hybridized carbons (Fsp3) is 0.250. The molecule has 1 fully saturated rings. The highest BCUT2D eigenvalue weighted by Gasteiger charge is 2.17. The molecule has 1 aliphatic rings. The number of phenolic OH excluding ortho intramolecular Hbond substituents is 1. The van der Waals surface area contributed by atoms with E-state index in [2.05, 4.69) is 27.3 Å². The number of nitrogens with one attached hydrogen (secondary N) is 1. The molecular weight excluding hydrogens is 550 g/mol. The molecule has 200 valence electrons. The van der Waals surface area contributed by atoms with Crippen LogP contribution in [0, 0.1) is 5.82 Å². The molecule has 0 spiro atoms. The molecule has 38 heavy (non-hydrogen) atoms. The van der Waals surface area contributed by atoms with Gasteiger partial charge in [-0.2, -0.15) is 0 Å². The number of rotatable bonds is 7. The minimum Gasteiger partial charge on any atom is -0.504 e. The van der Waals surface area contributed by atoms with Gasteiger partial charge in [0, 0.05) is 24.0 Å². The van der Waals surface area contributed by atoms with Crippen LogP contribution in [-0.4, -0.2) is 45.4 Å². The Hall–Kier alpha value is -2.97. The van der Waals surface area contributed by atoms with Gasteiger partial charge >= 0.3 is 0 Å². The highest BCUT2D eigenvalue weighted by atomic mass is 35.5. The smallest absolute Gasteiger partial charge is 0.170 e. The van der Waals surface area contributed by atoms with Gasteiger partial charge < -0.3 is 15.3 Å². The summed E-state index contributed by atoms with van der Waals surface area (Å²) in [6, 6.07) is 14.2. The molecule has 1 aliphatic heterocycles. The fourth-order valence-electron chi connectivity index (χ4n) is 4.58. The molecule has 2 N–H and O–H groups in total. The van der Waals surface area contributed by atoms with Gasteiger partial charge in [0.05, 0.1) is 27.5 Å². The monoisotopic (exact) mass is 576 g/mol. The third-order valence-corrected chi connectivity index (χ3v) is 6.80. The van der Waals surface area contributed by atoms with E-state index in [0.717, 1.165) is 31.7 Å².